The summed E-state index contributed by atoms with van der Waals surface area (Å²) in [5, 5.41) is 6.89. The van der Waals surface area contributed by atoms with Gasteiger partial charge in [-0.25, -0.2) is 0 Å². The maximum atomic E-state index is 8.36. The fraction of sp³-hybridized carbons (Fsp3) is 0.222. The Kier molecular flexibility index (Phi) is 6.85. The smallest absolute Gasteiger partial charge is 0.0184 e. The van der Waals surface area contributed by atoms with Gasteiger partial charge >= 0.3 is 31.0 Å². The SMILES string of the molecule is O=CO.[CH3][Sn][CH3].c1cc2ccc1-2. The van der Waals surface area contributed by atoms with Gasteiger partial charge in [0.05, 0.1) is 0 Å². The van der Waals surface area contributed by atoms with Gasteiger partial charge in [0.1, 0.15) is 0 Å². The van der Waals surface area contributed by atoms with Gasteiger partial charge in [-0.2, -0.15) is 0 Å². The fourth-order valence-electron chi connectivity index (χ4n) is 0.663. The average Bonchev–Trinajstić information content (AvgIpc) is 2.00. The van der Waals surface area contributed by atoms with Crippen molar-refractivity contribution >= 4 is 27.6 Å². The molecule has 0 aliphatic heterocycles. The van der Waals surface area contributed by atoms with Crippen LogP contribution in [0.5, 0.6) is 0 Å². The van der Waals surface area contributed by atoms with Gasteiger partial charge in [0.25, 0.3) is 6.47 Å². The van der Waals surface area contributed by atoms with Gasteiger partial charge in [-0.1, -0.05) is 24.3 Å². The predicted octanol–water partition coefficient (Wildman–Crippen LogP) is 2.15. The molecule has 2 rings (SSSR count). The average molecular weight is 271 g/mol. The quantitative estimate of drug-likeness (QED) is 0.588. The third-order valence-electron chi connectivity index (χ3n) is 1.22. The Hall–Kier alpha value is -0.511. The minimum Gasteiger partial charge on any atom is -0.0538 e. The summed E-state index contributed by atoms with van der Waals surface area (Å²) in [6.45, 7) is -0.250. The van der Waals surface area contributed by atoms with Gasteiger partial charge in [-0.3, -0.25) is 4.79 Å². The van der Waals surface area contributed by atoms with Crippen LogP contribution in [0.15, 0.2) is 24.3 Å². The molecule has 12 heavy (non-hydrogen) atoms. The summed E-state index contributed by atoms with van der Waals surface area (Å²) >= 11 is 0.230. The van der Waals surface area contributed by atoms with Gasteiger partial charge in [0, 0.05) is 0 Å². The monoisotopic (exact) mass is 272 g/mol. The number of carboxylic acid groups (broad SMARTS) is 1. The molecule has 0 atom stereocenters. The van der Waals surface area contributed by atoms with Gasteiger partial charge in [-0.15, -0.1) is 0 Å². The summed E-state index contributed by atoms with van der Waals surface area (Å²) in [6, 6.07) is 8.48. The minimum atomic E-state index is -0.250. The Bertz CT molecular complexity index is 197. The van der Waals surface area contributed by atoms with Gasteiger partial charge in [0.2, 0.25) is 0 Å². The fourth-order valence-corrected chi connectivity index (χ4v) is 0.663. The van der Waals surface area contributed by atoms with Crippen molar-refractivity contribution in [3.63, 3.8) is 0 Å². The first-order valence-electron chi connectivity index (χ1n) is 3.57. The molecule has 2 aliphatic carbocycles. The van der Waals surface area contributed by atoms with E-state index in [-0.39, 0.29) is 27.6 Å². The maximum Gasteiger partial charge on any atom is -0.0184 e. The van der Waals surface area contributed by atoms with Crippen LogP contribution < -0.4 is 0 Å². The third kappa shape index (κ3) is 3.76. The first-order valence-corrected chi connectivity index (χ1v) is 9.27. The largest absolute Gasteiger partial charge is 0.0538 e. The van der Waals surface area contributed by atoms with E-state index >= 15 is 0 Å². The van der Waals surface area contributed by atoms with E-state index in [1.54, 1.807) is 0 Å². The Morgan fingerprint density at radius 1 is 1.17 bits per heavy atom. The van der Waals surface area contributed by atoms with Crippen LogP contribution in [0.25, 0.3) is 11.1 Å². The summed E-state index contributed by atoms with van der Waals surface area (Å²) in [5.74, 6) is 0. The van der Waals surface area contributed by atoms with Crippen molar-refractivity contribution in [3.05, 3.63) is 24.3 Å². The van der Waals surface area contributed by atoms with Crippen molar-refractivity contribution in [1.82, 2.24) is 0 Å². The molecule has 64 valence electrons. The first-order chi connectivity index (χ1) is 5.79. The number of carbonyl (C=O) groups is 1. The van der Waals surface area contributed by atoms with Crippen molar-refractivity contribution in [1.29, 1.82) is 0 Å². The normalized spacial score (nSPS) is 8.17. The van der Waals surface area contributed by atoms with Crippen LogP contribution in [0.1, 0.15) is 0 Å². The van der Waals surface area contributed by atoms with E-state index in [1.165, 1.54) is 11.1 Å². The summed E-state index contributed by atoms with van der Waals surface area (Å²) in [4.78, 5) is 13.0. The van der Waals surface area contributed by atoms with Crippen LogP contribution in [0.3, 0.4) is 0 Å². The van der Waals surface area contributed by atoms with Crippen LogP contribution in [-0.4, -0.2) is 32.7 Å². The van der Waals surface area contributed by atoms with Crippen molar-refractivity contribution < 1.29 is 9.90 Å². The molecule has 0 heterocycles. The van der Waals surface area contributed by atoms with E-state index in [4.69, 9.17) is 9.90 Å². The van der Waals surface area contributed by atoms with Gasteiger partial charge in [0.15, 0.2) is 0 Å². The van der Waals surface area contributed by atoms with Gasteiger partial charge in [-0.05, 0) is 11.1 Å². The van der Waals surface area contributed by atoms with Crippen LogP contribution in [-0.2, 0) is 4.79 Å². The Balaban J connectivity index is 0.000000177. The van der Waals surface area contributed by atoms with Gasteiger partial charge < -0.3 is 5.11 Å². The molecule has 2 radical (unpaired) electrons. The minimum absolute atomic E-state index is 0.230. The zero-order valence-corrected chi connectivity index (χ0v) is 10.1. The molecule has 2 aliphatic rings. The molecule has 0 amide bonds. The third-order valence-corrected chi connectivity index (χ3v) is 1.22. The van der Waals surface area contributed by atoms with E-state index in [0.717, 1.165) is 0 Å². The van der Waals surface area contributed by atoms with E-state index in [2.05, 4.69) is 34.1 Å². The topological polar surface area (TPSA) is 37.3 Å². The van der Waals surface area contributed by atoms with Crippen LogP contribution >= 0.6 is 0 Å². The number of hydrogen-bond acceptors (Lipinski definition) is 1. The molecule has 2 nitrogen and oxygen atoms in total. The first kappa shape index (κ1) is 11.5. The zero-order chi connectivity index (χ0) is 9.40. The van der Waals surface area contributed by atoms with E-state index in [9.17, 15) is 0 Å². The molecular formula is C9H12O2Sn. The van der Waals surface area contributed by atoms with Crippen LogP contribution in [0.4, 0.5) is 0 Å². The Labute approximate surface area is 82.8 Å². The maximum absolute atomic E-state index is 8.36. The van der Waals surface area contributed by atoms with Crippen LogP contribution in [0.2, 0.25) is 9.88 Å². The van der Waals surface area contributed by atoms with E-state index in [1.807, 2.05) is 0 Å². The number of hydrogen-bond donors (Lipinski definition) is 1. The molecule has 0 unspecified atom stereocenters. The summed E-state index contributed by atoms with van der Waals surface area (Å²) in [5.41, 5.74) is 2.85. The Morgan fingerprint density at radius 3 is 1.33 bits per heavy atom. The molecular weight excluding hydrogens is 259 g/mol. The number of rotatable bonds is 0. The molecule has 0 bridgehead atoms. The van der Waals surface area contributed by atoms with E-state index < -0.39 is 0 Å². The van der Waals surface area contributed by atoms with E-state index in [0.29, 0.717) is 0 Å². The second-order valence-corrected chi connectivity index (χ2v) is 5.04. The number of benzene rings is 1. The Morgan fingerprint density at radius 2 is 1.33 bits per heavy atom. The standard InChI is InChI=1S/C6H4.CH2O2.2CH3.Sn/c1-2-6-4-3-5(1)6;2-1-3;;;/h1-4H;1H,(H,2,3);2*1H3;. The van der Waals surface area contributed by atoms with Crippen molar-refractivity contribution in [2.45, 2.75) is 9.88 Å². The molecule has 0 spiro atoms. The van der Waals surface area contributed by atoms with Crippen molar-refractivity contribution in [3.8, 4) is 11.1 Å². The second kappa shape index (κ2) is 7.15. The summed E-state index contributed by atoms with van der Waals surface area (Å²) in [6.07, 6.45) is 0. The summed E-state index contributed by atoms with van der Waals surface area (Å²) in [7, 11) is 0. The molecule has 0 aromatic heterocycles. The summed E-state index contributed by atoms with van der Waals surface area (Å²) < 4.78 is 0. The molecule has 0 saturated heterocycles. The molecule has 0 aromatic rings. The zero-order valence-electron chi connectivity index (χ0n) is 7.24. The second-order valence-electron chi connectivity index (χ2n) is 2.18. The predicted molar refractivity (Wildman–Crippen MR) is 51.6 cm³/mol. The molecule has 1 N–H and O–H groups in total. The molecule has 0 saturated carbocycles. The van der Waals surface area contributed by atoms with Crippen LogP contribution in [0, 0.1) is 0 Å². The molecule has 0 fully saturated rings. The van der Waals surface area contributed by atoms with Crippen molar-refractivity contribution in [2.24, 2.45) is 0 Å². The van der Waals surface area contributed by atoms with Crippen molar-refractivity contribution in [2.75, 3.05) is 0 Å². The molecule has 0 aromatic carbocycles. The molecule has 3 heteroatoms. The number of fused-ring (bicyclic) bond motifs is 1.